The predicted octanol–water partition coefficient (Wildman–Crippen LogP) is 4.17. The van der Waals surface area contributed by atoms with E-state index in [1.807, 2.05) is 18.2 Å². The van der Waals surface area contributed by atoms with Gasteiger partial charge in [0, 0.05) is 11.6 Å². The second-order valence-corrected chi connectivity index (χ2v) is 5.66. The molecule has 0 radical (unpaired) electrons. The van der Waals surface area contributed by atoms with E-state index in [0.717, 1.165) is 36.3 Å². The number of hydrogen-bond acceptors (Lipinski definition) is 2. The number of ether oxygens (including phenoxy) is 1. The highest BCUT2D eigenvalue weighted by atomic mass is 35.5. The molecule has 19 heavy (non-hydrogen) atoms. The monoisotopic (exact) mass is 298 g/mol. The molecule has 1 aromatic carbocycles. The van der Waals surface area contributed by atoms with Crippen molar-refractivity contribution in [3.05, 3.63) is 29.0 Å². The van der Waals surface area contributed by atoms with E-state index < -0.39 is 0 Å². The maximum absolute atomic E-state index is 6.10. The summed E-state index contributed by atoms with van der Waals surface area (Å²) in [4.78, 5) is 4.58. The average Bonchev–Trinajstić information content (AvgIpc) is 3.04. The van der Waals surface area contributed by atoms with Crippen molar-refractivity contribution in [2.45, 2.75) is 37.8 Å². The Morgan fingerprint density at radius 3 is 3.05 bits per heavy atom. The standard InChI is InChI=1S/C14H16Cl2N2O/c1-9(13-3-2-6-19-13)18-12-7-10(16)4-5-11(12)17-14(18)8-15/h4-5,7,9,13H,2-3,6,8H2,1H3. The van der Waals surface area contributed by atoms with Crippen molar-refractivity contribution in [1.82, 2.24) is 9.55 Å². The largest absolute Gasteiger partial charge is 0.376 e. The van der Waals surface area contributed by atoms with Gasteiger partial charge in [0.05, 0.1) is 29.1 Å². The number of halogens is 2. The molecular formula is C14H16Cl2N2O. The first-order chi connectivity index (χ1) is 9.20. The predicted molar refractivity (Wildman–Crippen MR) is 78.0 cm³/mol. The number of nitrogens with zero attached hydrogens (tertiary/aromatic N) is 2. The third kappa shape index (κ3) is 2.35. The Balaban J connectivity index is 2.11. The summed E-state index contributed by atoms with van der Waals surface area (Å²) in [5.74, 6) is 1.27. The van der Waals surface area contributed by atoms with Gasteiger partial charge in [-0.05, 0) is 38.0 Å². The lowest BCUT2D eigenvalue weighted by Crippen LogP contribution is -2.22. The molecule has 1 aromatic heterocycles. The first-order valence-electron chi connectivity index (χ1n) is 6.54. The zero-order valence-electron chi connectivity index (χ0n) is 10.8. The highest BCUT2D eigenvalue weighted by Crippen LogP contribution is 2.30. The third-order valence-corrected chi connectivity index (χ3v) is 4.23. The van der Waals surface area contributed by atoms with Crippen LogP contribution in [0.15, 0.2) is 18.2 Å². The second-order valence-electron chi connectivity index (χ2n) is 4.96. The summed E-state index contributed by atoms with van der Waals surface area (Å²) in [6, 6.07) is 5.97. The summed E-state index contributed by atoms with van der Waals surface area (Å²) in [5, 5.41) is 0.717. The first-order valence-corrected chi connectivity index (χ1v) is 7.46. The summed E-state index contributed by atoms with van der Waals surface area (Å²) < 4.78 is 7.96. The molecule has 0 bridgehead atoms. The van der Waals surface area contributed by atoms with Crippen LogP contribution in [0.5, 0.6) is 0 Å². The van der Waals surface area contributed by atoms with Crippen molar-refractivity contribution >= 4 is 34.2 Å². The molecule has 0 spiro atoms. The highest BCUT2D eigenvalue weighted by Gasteiger charge is 2.26. The van der Waals surface area contributed by atoms with Gasteiger partial charge in [-0.1, -0.05) is 11.6 Å². The maximum atomic E-state index is 6.10. The Labute approximate surface area is 122 Å². The summed E-state index contributed by atoms with van der Waals surface area (Å²) in [6.07, 6.45) is 2.44. The molecule has 1 aliphatic rings. The van der Waals surface area contributed by atoms with Crippen LogP contribution in [0.4, 0.5) is 0 Å². The lowest BCUT2D eigenvalue weighted by Gasteiger charge is -2.22. The van der Waals surface area contributed by atoms with Crippen molar-refractivity contribution in [3.8, 4) is 0 Å². The van der Waals surface area contributed by atoms with E-state index in [4.69, 9.17) is 27.9 Å². The fourth-order valence-corrected chi connectivity index (χ4v) is 3.17. The van der Waals surface area contributed by atoms with Crippen LogP contribution in [0.3, 0.4) is 0 Å². The summed E-state index contributed by atoms with van der Waals surface area (Å²) in [7, 11) is 0. The number of fused-ring (bicyclic) bond motifs is 1. The minimum absolute atomic E-state index is 0.222. The Kier molecular flexibility index (Phi) is 3.70. The van der Waals surface area contributed by atoms with Gasteiger partial charge in [0.1, 0.15) is 5.82 Å². The smallest absolute Gasteiger partial charge is 0.125 e. The van der Waals surface area contributed by atoms with E-state index in [1.54, 1.807) is 0 Å². The fraction of sp³-hybridized carbons (Fsp3) is 0.500. The molecule has 1 fully saturated rings. The molecule has 102 valence electrons. The second kappa shape index (κ2) is 5.31. The number of rotatable bonds is 3. The average molecular weight is 299 g/mol. The van der Waals surface area contributed by atoms with Crippen molar-refractivity contribution < 1.29 is 4.74 Å². The van der Waals surface area contributed by atoms with E-state index in [2.05, 4.69) is 16.5 Å². The molecule has 3 nitrogen and oxygen atoms in total. The zero-order chi connectivity index (χ0) is 13.4. The van der Waals surface area contributed by atoms with Crippen LogP contribution < -0.4 is 0 Å². The van der Waals surface area contributed by atoms with E-state index in [-0.39, 0.29) is 12.1 Å². The first kappa shape index (κ1) is 13.2. The van der Waals surface area contributed by atoms with Crippen LogP contribution in [0.25, 0.3) is 11.0 Å². The van der Waals surface area contributed by atoms with Gasteiger partial charge in [-0.15, -0.1) is 11.6 Å². The van der Waals surface area contributed by atoms with Gasteiger partial charge in [-0.2, -0.15) is 0 Å². The highest BCUT2D eigenvalue weighted by molar-refractivity contribution is 6.31. The van der Waals surface area contributed by atoms with E-state index in [9.17, 15) is 0 Å². The zero-order valence-corrected chi connectivity index (χ0v) is 12.3. The number of hydrogen-bond donors (Lipinski definition) is 0. The van der Waals surface area contributed by atoms with Gasteiger partial charge in [-0.3, -0.25) is 0 Å². The third-order valence-electron chi connectivity index (χ3n) is 3.75. The topological polar surface area (TPSA) is 27.1 Å². The fourth-order valence-electron chi connectivity index (χ4n) is 2.81. The van der Waals surface area contributed by atoms with Crippen molar-refractivity contribution in [1.29, 1.82) is 0 Å². The van der Waals surface area contributed by atoms with Crippen LogP contribution in [-0.2, 0) is 10.6 Å². The Morgan fingerprint density at radius 1 is 1.53 bits per heavy atom. The molecule has 0 aliphatic carbocycles. The Morgan fingerprint density at radius 2 is 2.37 bits per heavy atom. The maximum Gasteiger partial charge on any atom is 0.125 e. The van der Waals surface area contributed by atoms with Crippen LogP contribution in [0.2, 0.25) is 5.02 Å². The molecular weight excluding hydrogens is 283 g/mol. The summed E-state index contributed by atoms with van der Waals surface area (Å²) in [6.45, 7) is 3.01. The number of alkyl halides is 1. The van der Waals surface area contributed by atoms with Crippen LogP contribution in [-0.4, -0.2) is 22.3 Å². The number of benzene rings is 1. The molecule has 2 atom stereocenters. The van der Waals surface area contributed by atoms with Gasteiger partial charge < -0.3 is 9.30 Å². The van der Waals surface area contributed by atoms with Crippen molar-refractivity contribution in [2.75, 3.05) is 6.61 Å². The van der Waals surface area contributed by atoms with E-state index >= 15 is 0 Å². The summed E-state index contributed by atoms with van der Waals surface area (Å²) in [5.41, 5.74) is 1.97. The molecule has 5 heteroatoms. The molecule has 2 aromatic rings. The normalized spacial score (nSPS) is 21.1. The van der Waals surface area contributed by atoms with Gasteiger partial charge in [0.15, 0.2) is 0 Å². The lowest BCUT2D eigenvalue weighted by atomic mass is 10.1. The minimum atomic E-state index is 0.222. The minimum Gasteiger partial charge on any atom is -0.376 e. The Bertz CT molecular complexity index is 590. The number of aromatic nitrogens is 2. The van der Waals surface area contributed by atoms with Crippen LogP contribution >= 0.6 is 23.2 Å². The SMILES string of the molecule is CC(C1CCCO1)n1c(CCl)nc2ccc(Cl)cc21. The van der Waals surface area contributed by atoms with Crippen LogP contribution in [0.1, 0.15) is 31.6 Å². The molecule has 0 amide bonds. The van der Waals surface area contributed by atoms with E-state index in [0.29, 0.717) is 10.9 Å². The van der Waals surface area contributed by atoms with Gasteiger partial charge in [-0.25, -0.2) is 4.98 Å². The lowest BCUT2D eigenvalue weighted by molar-refractivity contribution is 0.0738. The summed E-state index contributed by atoms with van der Waals surface area (Å²) >= 11 is 12.1. The number of imidazole rings is 1. The van der Waals surface area contributed by atoms with Crippen molar-refractivity contribution in [2.24, 2.45) is 0 Å². The molecule has 3 rings (SSSR count). The molecule has 0 saturated carbocycles. The molecule has 1 aliphatic heterocycles. The van der Waals surface area contributed by atoms with Crippen LogP contribution in [0, 0.1) is 0 Å². The molecule has 2 heterocycles. The van der Waals surface area contributed by atoms with Crippen molar-refractivity contribution in [3.63, 3.8) is 0 Å². The molecule has 2 unspecified atom stereocenters. The van der Waals surface area contributed by atoms with Gasteiger partial charge in [0.25, 0.3) is 0 Å². The quantitative estimate of drug-likeness (QED) is 0.795. The molecule has 0 N–H and O–H groups in total. The molecule has 1 saturated heterocycles. The van der Waals surface area contributed by atoms with E-state index in [1.165, 1.54) is 0 Å². The van der Waals surface area contributed by atoms with Gasteiger partial charge in [0.2, 0.25) is 0 Å². The van der Waals surface area contributed by atoms with Gasteiger partial charge >= 0.3 is 0 Å². The Hall–Kier alpha value is -0.770.